The topological polar surface area (TPSA) is 35.6 Å². The molecule has 0 aromatic heterocycles. The van der Waals surface area contributed by atoms with Gasteiger partial charge in [-0.25, -0.2) is 0 Å². The van der Waals surface area contributed by atoms with Crippen molar-refractivity contribution in [3.05, 3.63) is 0 Å². The first-order valence-corrected chi connectivity index (χ1v) is 10.4. The van der Waals surface area contributed by atoms with Crippen molar-refractivity contribution >= 4 is 34.2 Å². The van der Waals surface area contributed by atoms with Crippen molar-refractivity contribution in [2.24, 2.45) is 0 Å². The fourth-order valence-electron chi connectivity index (χ4n) is 4.46. The van der Waals surface area contributed by atoms with E-state index >= 15 is 0 Å². The van der Waals surface area contributed by atoms with Crippen molar-refractivity contribution in [3.8, 4) is 0 Å². The molecule has 0 N–H and O–H groups in total. The zero-order valence-corrected chi connectivity index (χ0v) is 19.3. The predicted molar refractivity (Wildman–Crippen MR) is 107 cm³/mol. The van der Waals surface area contributed by atoms with Crippen LogP contribution < -0.4 is 0 Å². The van der Waals surface area contributed by atoms with E-state index in [0.29, 0.717) is 6.42 Å². The van der Waals surface area contributed by atoms with Gasteiger partial charge in [-0.05, 0) is 104 Å². The van der Waals surface area contributed by atoms with E-state index in [4.69, 9.17) is 16.4 Å². The Morgan fingerprint density at radius 1 is 0.958 bits per heavy atom. The second kappa shape index (κ2) is 6.20. The van der Waals surface area contributed by atoms with E-state index in [9.17, 15) is 5.21 Å². The largest absolute Gasteiger partial charge is 0.277 e. The van der Waals surface area contributed by atoms with Crippen molar-refractivity contribution in [3.63, 3.8) is 0 Å². The number of hydrogen-bond acceptors (Lipinski definition) is 3. The molecule has 0 amide bonds. The molecule has 0 aromatic carbocycles. The van der Waals surface area contributed by atoms with E-state index in [1.54, 1.807) is 0 Å². The summed E-state index contributed by atoms with van der Waals surface area (Å²) in [7, 11) is 0. The summed E-state index contributed by atoms with van der Waals surface area (Å²) < 4.78 is -0.796. The van der Waals surface area contributed by atoms with Crippen LogP contribution in [0, 0.1) is 0 Å². The molecule has 24 heavy (non-hydrogen) atoms. The Bertz CT molecular complexity index is 479. The molecule has 2 heterocycles. The molecular formula is C18H33ClIN2O2. The predicted octanol–water partition coefficient (Wildman–Crippen LogP) is 5.31. The van der Waals surface area contributed by atoms with Crippen LogP contribution in [0.15, 0.2) is 0 Å². The molecule has 1 radical (unpaired) electrons. The minimum atomic E-state index is -0.796. The third kappa shape index (κ3) is 3.26. The number of rotatable bonds is 2. The van der Waals surface area contributed by atoms with Crippen LogP contribution in [0.3, 0.4) is 0 Å². The molecule has 2 aliphatic rings. The highest BCUT2D eigenvalue weighted by Crippen LogP contribution is 2.54. The van der Waals surface area contributed by atoms with Gasteiger partial charge in [0.25, 0.3) is 0 Å². The minimum Gasteiger partial charge on any atom is -0.277 e. The third-order valence-electron chi connectivity index (χ3n) is 5.87. The molecule has 2 saturated heterocycles. The van der Waals surface area contributed by atoms with Crippen LogP contribution in [0.1, 0.15) is 81.1 Å². The molecule has 2 rings (SSSR count). The lowest BCUT2D eigenvalue weighted by Gasteiger charge is -2.61. The Hall–Kier alpha value is 0.860. The standard InChI is InChI=1S/C18H33ClIN2O2/c1-14(2)10-9-11-15(3,4)22(14)24-18(20)13(19)12-16(5,6)21(23)17(18,7)8/h13H,9-12H2,1-8H3. The Kier molecular flexibility index (Phi) is 5.46. The number of nitrogens with zero attached hydrogens (tertiary/aromatic N) is 2. The molecule has 0 aromatic rings. The van der Waals surface area contributed by atoms with Gasteiger partial charge in [-0.3, -0.25) is 4.84 Å². The molecule has 2 aliphatic heterocycles. The lowest BCUT2D eigenvalue weighted by atomic mass is 9.79. The van der Waals surface area contributed by atoms with Gasteiger partial charge in [0, 0.05) is 16.6 Å². The fourth-order valence-corrected chi connectivity index (χ4v) is 5.78. The normalized spacial score (nSPS) is 38.9. The van der Waals surface area contributed by atoms with Crippen LogP contribution in [0.2, 0.25) is 0 Å². The Balaban J connectivity index is 2.42. The number of alkyl halides is 2. The lowest BCUT2D eigenvalue weighted by Crippen LogP contribution is -2.74. The van der Waals surface area contributed by atoms with E-state index in [1.165, 1.54) is 11.5 Å². The molecule has 2 atom stereocenters. The van der Waals surface area contributed by atoms with Gasteiger partial charge in [0.15, 0.2) is 3.61 Å². The van der Waals surface area contributed by atoms with Gasteiger partial charge in [-0.15, -0.1) is 21.9 Å². The van der Waals surface area contributed by atoms with Gasteiger partial charge in [0.1, 0.15) is 0 Å². The molecule has 2 fully saturated rings. The first kappa shape index (κ1) is 21.2. The van der Waals surface area contributed by atoms with E-state index in [0.717, 1.165) is 12.8 Å². The van der Waals surface area contributed by atoms with E-state index in [1.807, 2.05) is 27.7 Å². The lowest BCUT2D eigenvalue weighted by molar-refractivity contribution is -0.376. The van der Waals surface area contributed by atoms with Crippen LogP contribution in [0.25, 0.3) is 0 Å². The molecule has 0 aliphatic carbocycles. The summed E-state index contributed by atoms with van der Waals surface area (Å²) in [5.41, 5.74) is -1.42. The summed E-state index contributed by atoms with van der Waals surface area (Å²) in [6.45, 7) is 16.7. The zero-order valence-electron chi connectivity index (χ0n) is 16.4. The number of halogens is 2. The molecule has 0 bridgehead atoms. The smallest absolute Gasteiger partial charge is 0.176 e. The highest BCUT2D eigenvalue weighted by Gasteiger charge is 2.64. The molecule has 0 spiro atoms. The van der Waals surface area contributed by atoms with Gasteiger partial charge >= 0.3 is 0 Å². The monoisotopic (exact) mass is 471 g/mol. The van der Waals surface area contributed by atoms with Crippen LogP contribution >= 0.6 is 34.2 Å². The second-order valence-electron chi connectivity index (χ2n) is 9.85. The first-order chi connectivity index (χ1) is 10.6. The van der Waals surface area contributed by atoms with E-state index < -0.39 is 14.7 Å². The SMILES string of the molecule is CC1(C)CCCC(C)(C)N1OC1(I)C(Cl)CC(C)(C)N([O])C1(C)C. The maximum absolute atomic E-state index is 13.0. The van der Waals surface area contributed by atoms with Crippen LogP contribution in [0.5, 0.6) is 0 Å². The number of hydroxylamine groups is 4. The van der Waals surface area contributed by atoms with Crippen LogP contribution in [-0.4, -0.2) is 41.3 Å². The number of hydrogen-bond donors (Lipinski definition) is 0. The van der Waals surface area contributed by atoms with Crippen LogP contribution in [-0.2, 0) is 10.0 Å². The van der Waals surface area contributed by atoms with Crippen molar-refractivity contribution in [1.82, 2.24) is 10.1 Å². The molecule has 2 unspecified atom stereocenters. The maximum atomic E-state index is 13.0. The summed E-state index contributed by atoms with van der Waals surface area (Å²) in [4.78, 5) is 6.69. The van der Waals surface area contributed by atoms with Crippen molar-refractivity contribution in [1.29, 1.82) is 0 Å². The van der Waals surface area contributed by atoms with E-state index in [-0.39, 0.29) is 16.5 Å². The summed E-state index contributed by atoms with van der Waals surface area (Å²) in [6, 6.07) is 0. The van der Waals surface area contributed by atoms with Gasteiger partial charge < -0.3 is 0 Å². The summed E-state index contributed by atoms with van der Waals surface area (Å²) in [6.07, 6.45) is 3.92. The molecular weight excluding hydrogens is 439 g/mol. The highest BCUT2D eigenvalue weighted by atomic mass is 127. The fraction of sp³-hybridized carbons (Fsp3) is 1.00. The Morgan fingerprint density at radius 2 is 1.42 bits per heavy atom. The van der Waals surface area contributed by atoms with Crippen LogP contribution in [0.4, 0.5) is 0 Å². The quantitative estimate of drug-likeness (QED) is 0.404. The van der Waals surface area contributed by atoms with Crippen molar-refractivity contribution in [2.45, 2.75) is 112 Å². The number of piperidine rings is 2. The molecule has 6 heteroatoms. The average Bonchev–Trinajstić information content (AvgIpc) is 2.39. The Labute approximate surface area is 166 Å². The Morgan fingerprint density at radius 3 is 1.88 bits per heavy atom. The first-order valence-electron chi connectivity index (χ1n) is 8.88. The van der Waals surface area contributed by atoms with Crippen molar-refractivity contribution < 1.29 is 10.0 Å². The van der Waals surface area contributed by atoms with Gasteiger partial charge in [0.2, 0.25) is 0 Å². The summed E-state index contributed by atoms with van der Waals surface area (Å²) >= 11 is 9.13. The molecule has 141 valence electrons. The van der Waals surface area contributed by atoms with Gasteiger partial charge in [-0.1, -0.05) is 0 Å². The third-order valence-corrected chi connectivity index (χ3v) is 8.97. The minimum absolute atomic E-state index is 0.0900. The molecule has 0 saturated carbocycles. The van der Waals surface area contributed by atoms with Crippen molar-refractivity contribution in [2.75, 3.05) is 0 Å². The average molecular weight is 472 g/mol. The highest BCUT2D eigenvalue weighted by molar-refractivity contribution is 14.1. The van der Waals surface area contributed by atoms with E-state index in [2.05, 4.69) is 55.3 Å². The van der Waals surface area contributed by atoms with Gasteiger partial charge in [0.05, 0.1) is 10.9 Å². The second-order valence-corrected chi connectivity index (χ2v) is 12.0. The zero-order chi connectivity index (χ0) is 18.8. The van der Waals surface area contributed by atoms with Gasteiger partial charge in [-0.2, -0.15) is 5.06 Å². The summed E-state index contributed by atoms with van der Waals surface area (Å²) in [5.74, 6) is 0. The molecule has 4 nitrogen and oxygen atoms in total. The summed E-state index contributed by atoms with van der Waals surface area (Å²) in [5, 5.41) is 16.1. The maximum Gasteiger partial charge on any atom is 0.176 e.